The molecule has 0 radical (unpaired) electrons. The summed E-state index contributed by atoms with van der Waals surface area (Å²) < 4.78 is 38.4. The zero-order valence-corrected chi connectivity index (χ0v) is 16.0. The molecule has 2 N–H and O–H groups in total. The molecule has 0 aromatic heterocycles. The van der Waals surface area contributed by atoms with Crippen molar-refractivity contribution in [1.29, 1.82) is 0 Å². The van der Waals surface area contributed by atoms with Gasteiger partial charge in [-0.3, -0.25) is 4.79 Å². The van der Waals surface area contributed by atoms with Crippen LogP contribution < -0.4 is 5.32 Å². The molecule has 0 aliphatic carbocycles. The Morgan fingerprint density at radius 2 is 1.71 bits per heavy atom. The van der Waals surface area contributed by atoms with E-state index in [0.717, 1.165) is 37.0 Å². The highest BCUT2D eigenvalue weighted by atomic mass is 19.4. The number of phenolic OH excluding ortho intramolecular Hbond substituents is 1. The number of benzene rings is 2. The molecule has 0 aliphatic heterocycles. The number of hydrogen-bond acceptors (Lipinski definition) is 2. The molecular formula is C22H26F3NO2. The summed E-state index contributed by atoms with van der Waals surface area (Å²) in [6, 6.07) is 9.24. The number of rotatable bonds is 9. The van der Waals surface area contributed by atoms with Crippen molar-refractivity contribution in [2.75, 3.05) is 5.32 Å². The average Bonchev–Trinajstić information content (AvgIpc) is 2.65. The molecule has 3 nitrogen and oxygen atoms in total. The van der Waals surface area contributed by atoms with Gasteiger partial charge in [0.1, 0.15) is 5.75 Å². The third-order valence-corrected chi connectivity index (χ3v) is 4.57. The lowest BCUT2D eigenvalue weighted by molar-refractivity contribution is -0.137. The first-order valence-electron chi connectivity index (χ1n) is 9.61. The molecule has 152 valence electrons. The molecule has 1 amide bonds. The largest absolute Gasteiger partial charge is 0.507 e. The predicted molar refractivity (Wildman–Crippen MR) is 105 cm³/mol. The number of anilines is 1. The summed E-state index contributed by atoms with van der Waals surface area (Å²) in [5.41, 5.74) is 0.162. The van der Waals surface area contributed by atoms with E-state index < -0.39 is 17.6 Å². The standard InChI is InChI=1S/C22H26F3NO2/c1-2-3-4-5-6-7-9-16-12-13-20(27)19(14-16)21(28)26-18-11-8-10-17(15-18)22(23,24)25/h8,10-15,27H,2-7,9H2,1H3,(H,26,28). The van der Waals surface area contributed by atoms with Crippen molar-refractivity contribution >= 4 is 11.6 Å². The van der Waals surface area contributed by atoms with Gasteiger partial charge < -0.3 is 10.4 Å². The Morgan fingerprint density at radius 1 is 1.00 bits per heavy atom. The van der Waals surface area contributed by atoms with Gasteiger partial charge in [0.05, 0.1) is 11.1 Å². The van der Waals surface area contributed by atoms with Crippen molar-refractivity contribution in [1.82, 2.24) is 0 Å². The summed E-state index contributed by atoms with van der Waals surface area (Å²) in [6.45, 7) is 2.17. The number of carbonyl (C=O) groups is 1. The maximum Gasteiger partial charge on any atom is 0.416 e. The Balaban J connectivity index is 2.01. The molecule has 2 aromatic carbocycles. The lowest BCUT2D eigenvalue weighted by Gasteiger charge is -2.11. The number of phenols is 1. The minimum atomic E-state index is -4.49. The van der Waals surface area contributed by atoms with E-state index in [9.17, 15) is 23.1 Å². The van der Waals surface area contributed by atoms with Gasteiger partial charge in [0.25, 0.3) is 5.91 Å². The van der Waals surface area contributed by atoms with E-state index in [1.165, 1.54) is 43.9 Å². The Morgan fingerprint density at radius 3 is 2.43 bits per heavy atom. The zero-order chi connectivity index (χ0) is 20.6. The second kappa shape index (κ2) is 10.2. The molecule has 2 aromatic rings. The first-order valence-corrected chi connectivity index (χ1v) is 9.61. The third-order valence-electron chi connectivity index (χ3n) is 4.57. The molecule has 2 rings (SSSR count). The first-order chi connectivity index (χ1) is 13.3. The van der Waals surface area contributed by atoms with Crippen LogP contribution in [0, 0.1) is 0 Å². The normalized spacial score (nSPS) is 11.4. The third kappa shape index (κ3) is 6.59. The van der Waals surface area contributed by atoms with Crippen LogP contribution in [-0.4, -0.2) is 11.0 Å². The summed E-state index contributed by atoms with van der Waals surface area (Å²) in [6.07, 6.45) is 3.22. The highest BCUT2D eigenvalue weighted by Crippen LogP contribution is 2.31. The van der Waals surface area contributed by atoms with Gasteiger partial charge in [0.15, 0.2) is 0 Å². The number of nitrogens with one attached hydrogen (secondary N) is 1. The summed E-state index contributed by atoms with van der Waals surface area (Å²) in [5, 5.41) is 12.4. The minimum absolute atomic E-state index is 0.0283. The molecule has 0 atom stereocenters. The van der Waals surface area contributed by atoms with Crippen molar-refractivity contribution < 1.29 is 23.1 Å². The minimum Gasteiger partial charge on any atom is -0.507 e. The first kappa shape index (κ1) is 21.8. The number of unbranched alkanes of at least 4 members (excludes halogenated alkanes) is 5. The monoisotopic (exact) mass is 393 g/mol. The van der Waals surface area contributed by atoms with Crippen molar-refractivity contribution in [2.45, 2.75) is 58.0 Å². The number of amides is 1. The van der Waals surface area contributed by atoms with E-state index in [2.05, 4.69) is 12.2 Å². The van der Waals surface area contributed by atoms with E-state index in [1.807, 2.05) is 0 Å². The van der Waals surface area contributed by atoms with Crippen LogP contribution in [0.1, 0.15) is 66.9 Å². The van der Waals surface area contributed by atoms with Crippen LogP contribution in [0.2, 0.25) is 0 Å². The zero-order valence-electron chi connectivity index (χ0n) is 16.0. The highest BCUT2D eigenvalue weighted by molar-refractivity contribution is 6.06. The molecule has 6 heteroatoms. The molecule has 0 saturated heterocycles. The van der Waals surface area contributed by atoms with Crippen LogP contribution in [0.4, 0.5) is 18.9 Å². The molecular weight excluding hydrogens is 367 g/mol. The maximum absolute atomic E-state index is 12.8. The summed E-state index contributed by atoms with van der Waals surface area (Å²) in [4.78, 5) is 12.4. The van der Waals surface area contributed by atoms with Crippen molar-refractivity contribution in [3.05, 3.63) is 59.2 Å². The van der Waals surface area contributed by atoms with Crippen LogP contribution in [0.5, 0.6) is 5.75 Å². The fourth-order valence-corrected chi connectivity index (χ4v) is 3.00. The lowest BCUT2D eigenvalue weighted by Crippen LogP contribution is -2.13. The molecule has 28 heavy (non-hydrogen) atoms. The molecule has 0 heterocycles. The number of halogens is 3. The van der Waals surface area contributed by atoms with E-state index >= 15 is 0 Å². The van der Waals surface area contributed by atoms with E-state index in [-0.39, 0.29) is 17.0 Å². The smallest absolute Gasteiger partial charge is 0.416 e. The SMILES string of the molecule is CCCCCCCCc1ccc(O)c(C(=O)Nc2cccc(C(F)(F)F)c2)c1. The van der Waals surface area contributed by atoms with Gasteiger partial charge in [0, 0.05) is 5.69 Å². The van der Waals surface area contributed by atoms with Crippen LogP contribution in [0.15, 0.2) is 42.5 Å². The van der Waals surface area contributed by atoms with E-state index in [1.54, 1.807) is 12.1 Å². The Bertz CT molecular complexity index is 788. The van der Waals surface area contributed by atoms with Crippen LogP contribution in [0.25, 0.3) is 0 Å². The highest BCUT2D eigenvalue weighted by Gasteiger charge is 2.30. The lowest BCUT2D eigenvalue weighted by atomic mass is 10.0. The maximum atomic E-state index is 12.8. The Labute approximate surface area is 163 Å². The molecule has 0 bridgehead atoms. The van der Waals surface area contributed by atoms with Gasteiger partial charge in [-0.1, -0.05) is 51.2 Å². The number of carbonyl (C=O) groups excluding carboxylic acids is 1. The fourth-order valence-electron chi connectivity index (χ4n) is 3.00. The van der Waals surface area contributed by atoms with Gasteiger partial charge in [-0.15, -0.1) is 0 Å². The molecule has 0 fully saturated rings. The van der Waals surface area contributed by atoms with E-state index in [0.29, 0.717) is 0 Å². The summed E-state index contributed by atoms with van der Waals surface area (Å²) >= 11 is 0. The fraction of sp³-hybridized carbons (Fsp3) is 0.409. The number of aromatic hydroxyl groups is 1. The van der Waals surface area contributed by atoms with Gasteiger partial charge >= 0.3 is 6.18 Å². The number of alkyl halides is 3. The van der Waals surface area contributed by atoms with Gasteiger partial charge in [-0.05, 0) is 48.7 Å². The second-order valence-corrected chi connectivity index (χ2v) is 6.90. The summed E-state index contributed by atoms with van der Waals surface area (Å²) in [7, 11) is 0. The van der Waals surface area contributed by atoms with Crippen LogP contribution in [-0.2, 0) is 12.6 Å². The predicted octanol–water partition coefficient (Wildman–Crippen LogP) is 6.57. The van der Waals surface area contributed by atoms with Gasteiger partial charge in [-0.25, -0.2) is 0 Å². The topological polar surface area (TPSA) is 49.3 Å². The quantitative estimate of drug-likeness (QED) is 0.474. The molecule has 0 spiro atoms. The summed E-state index contributed by atoms with van der Waals surface area (Å²) in [5.74, 6) is -0.835. The van der Waals surface area contributed by atoms with Gasteiger partial charge in [0.2, 0.25) is 0 Å². The van der Waals surface area contributed by atoms with Crippen LogP contribution >= 0.6 is 0 Å². The molecule has 0 saturated carbocycles. The van der Waals surface area contributed by atoms with Crippen molar-refractivity contribution in [3.63, 3.8) is 0 Å². The Hall–Kier alpha value is -2.50. The van der Waals surface area contributed by atoms with Crippen molar-refractivity contribution in [2.24, 2.45) is 0 Å². The number of hydrogen-bond donors (Lipinski definition) is 2. The van der Waals surface area contributed by atoms with Gasteiger partial charge in [-0.2, -0.15) is 13.2 Å². The second-order valence-electron chi connectivity index (χ2n) is 6.90. The van der Waals surface area contributed by atoms with Crippen molar-refractivity contribution in [3.8, 4) is 5.75 Å². The number of aryl methyl sites for hydroxylation is 1. The molecule has 0 aliphatic rings. The van der Waals surface area contributed by atoms with Crippen LogP contribution in [0.3, 0.4) is 0 Å². The Kier molecular flexibility index (Phi) is 7.91. The van der Waals surface area contributed by atoms with E-state index in [4.69, 9.17) is 0 Å². The average molecular weight is 393 g/mol. The molecule has 0 unspecified atom stereocenters.